The number of ether oxygens (including phenoxy) is 1. The smallest absolute Gasteiger partial charge is 0.170 e. The second kappa shape index (κ2) is 8.29. The topological polar surface area (TPSA) is 45.6 Å². The molecule has 0 bridgehead atoms. The van der Waals surface area contributed by atoms with Crippen LogP contribution in [0.2, 0.25) is 0 Å². The number of morpholine rings is 1. The summed E-state index contributed by atoms with van der Waals surface area (Å²) in [5.74, 6) is 0. The van der Waals surface area contributed by atoms with Crippen molar-refractivity contribution in [3.63, 3.8) is 0 Å². The fourth-order valence-electron chi connectivity index (χ4n) is 5.06. The van der Waals surface area contributed by atoms with E-state index in [1.165, 1.54) is 29.8 Å². The minimum Gasteiger partial charge on any atom is -0.379 e. The number of nitrogens with one attached hydrogen (secondary N) is 1. The fourth-order valence-corrected chi connectivity index (χ4v) is 5.39. The molecule has 2 saturated heterocycles. The number of hydrogen-bond acceptors (Lipinski definition) is 4. The van der Waals surface area contributed by atoms with Crippen molar-refractivity contribution in [2.24, 2.45) is 0 Å². The maximum atomic E-state index is 5.85. The van der Waals surface area contributed by atoms with Crippen LogP contribution in [-0.2, 0) is 4.74 Å². The van der Waals surface area contributed by atoms with E-state index in [0.717, 1.165) is 50.2 Å². The van der Waals surface area contributed by atoms with Crippen LogP contribution < -0.4 is 5.32 Å². The molecule has 2 aromatic heterocycles. The van der Waals surface area contributed by atoms with E-state index in [0.29, 0.717) is 6.04 Å². The van der Waals surface area contributed by atoms with Gasteiger partial charge in [-0.2, -0.15) is 0 Å². The van der Waals surface area contributed by atoms with E-state index in [-0.39, 0.29) is 12.1 Å². The molecule has 0 radical (unpaired) electrons. The molecule has 0 unspecified atom stereocenters. The highest BCUT2D eigenvalue weighted by molar-refractivity contribution is 7.80. The Morgan fingerprint density at radius 2 is 1.97 bits per heavy atom. The lowest BCUT2D eigenvalue weighted by molar-refractivity contribution is 0.0350. The first-order chi connectivity index (χ1) is 14.6. The van der Waals surface area contributed by atoms with E-state index in [1.807, 2.05) is 12.3 Å². The van der Waals surface area contributed by atoms with Gasteiger partial charge in [-0.25, -0.2) is 0 Å². The van der Waals surface area contributed by atoms with Gasteiger partial charge >= 0.3 is 0 Å². The van der Waals surface area contributed by atoms with Gasteiger partial charge in [0.1, 0.15) is 0 Å². The molecule has 2 aliphatic heterocycles. The molecule has 2 atom stereocenters. The minimum atomic E-state index is 0.0662. The molecule has 0 amide bonds. The van der Waals surface area contributed by atoms with Crippen LogP contribution in [0, 0.1) is 13.8 Å². The monoisotopic (exact) mass is 425 g/mol. The largest absolute Gasteiger partial charge is 0.379 e. The highest BCUT2D eigenvalue weighted by Gasteiger charge is 2.42. The van der Waals surface area contributed by atoms with Crippen molar-refractivity contribution in [2.45, 2.75) is 44.8 Å². The van der Waals surface area contributed by atoms with Crippen molar-refractivity contribution in [3.05, 3.63) is 53.1 Å². The van der Waals surface area contributed by atoms with Crippen LogP contribution in [0.25, 0.3) is 0 Å². The Morgan fingerprint density at radius 1 is 1.17 bits per heavy atom. The van der Waals surface area contributed by atoms with Crippen molar-refractivity contribution in [3.8, 4) is 0 Å². The van der Waals surface area contributed by atoms with Crippen LogP contribution in [0.3, 0.4) is 0 Å². The molecule has 0 spiro atoms. The molecule has 4 heterocycles. The Labute approximate surface area is 184 Å². The summed E-state index contributed by atoms with van der Waals surface area (Å²) in [6.07, 6.45) is 4.46. The van der Waals surface area contributed by atoms with Crippen molar-refractivity contribution in [1.29, 1.82) is 0 Å². The van der Waals surface area contributed by atoms with Gasteiger partial charge in [-0.3, -0.25) is 9.88 Å². The third-order valence-corrected chi connectivity index (χ3v) is 7.07. The average Bonchev–Trinajstić information content (AvgIpc) is 3.48. The summed E-state index contributed by atoms with van der Waals surface area (Å²) in [5.41, 5.74) is 5.17. The van der Waals surface area contributed by atoms with Gasteiger partial charge < -0.3 is 19.5 Å². The van der Waals surface area contributed by atoms with E-state index in [4.69, 9.17) is 17.0 Å². The SMILES string of the molecule is Cc1cc([C@@H]2[C@H](c3ccccn3)NC(=S)N2CCN2CCOCC2)c(C)n1C1CC1. The summed E-state index contributed by atoms with van der Waals surface area (Å²) < 4.78 is 8.05. The molecule has 30 heavy (non-hydrogen) atoms. The van der Waals surface area contributed by atoms with E-state index >= 15 is 0 Å². The van der Waals surface area contributed by atoms with Gasteiger partial charge in [-0.15, -0.1) is 0 Å². The highest BCUT2D eigenvalue weighted by atomic mass is 32.1. The zero-order valence-electron chi connectivity index (χ0n) is 17.9. The van der Waals surface area contributed by atoms with Gasteiger partial charge in [0.15, 0.2) is 5.11 Å². The molecule has 7 heteroatoms. The summed E-state index contributed by atoms with van der Waals surface area (Å²) in [6, 6.07) is 9.43. The third kappa shape index (κ3) is 3.74. The fraction of sp³-hybridized carbons (Fsp3) is 0.565. The standard InChI is InChI=1S/C23H31N5OS/c1-16-15-19(17(2)28(16)18-6-7-18)22-21(20-5-3-4-8-24-20)25-23(30)27(22)10-9-26-11-13-29-14-12-26/h3-5,8,15,18,21-22H,6-7,9-14H2,1-2H3,(H,25,30)/t21-,22+/m0/s1. The Balaban J connectivity index is 1.47. The van der Waals surface area contributed by atoms with Crippen LogP contribution in [0.15, 0.2) is 30.5 Å². The molecular formula is C23H31N5OS. The summed E-state index contributed by atoms with van der Waals surface area (Å²) in [7, 11) is 0. The number of nitrogens with zero attached hydrogens (tertiary/aromatic N) is 4. The summed E-state index contributed by atoms with van der Waals surface area (Å²) >= 11 is 5.85. The van der Waals surface area contributed by atoms with Crippen LogP contribution in [0.5, 0.6) is 0 Å². The second-order valence-corrected chi connectivity index (χ2v) is 9.09. The predicted octanol–water partition coefficient (Wildman–Crippen LogP) is 3.14. The van der Waals surface area contributed by atoms with Gasteiger partial charge in [-0.05, 0) is 62.7 Å². The predicted molar refractivity (Wildman–Crippen MR) is 122 cm³/mol. The van der Waals surface area contributed by atoms with Crippen molar-refractivity contribution < 1.29 is 4.74 Å². The van der Waals surface area contributed by atoms with Crippen LogP contribution in [0.1, 0.15) is 53.6 Å². The quantitative estimate of drug-likeness (QED) is 0.718. The molecule has 5 rings (SSSR count). The van der Waals surface area contributed by atoms with Gasteiger partial charge in [0, 0.05) is 49.8 Å². The van der Waals surface area contributed by atoms with Crippen molar-refractivity contribution in [2.75, 3.05) is 39.4 Å². The Bertz CT molecular complexity index is 904. The molecule has 6 nitrogen and oxygen atoms in total. The minimum absolute atomic E-state index is 0.0662. The van der Waals surface area contributed by atoms with Crippen LogP contribution in [-0.4, -0.2) is 63.9 Å². The molecule has 2 aromatic rings. The Morgan fingerprint density at radius 3 is 2.67 bits per heavy atom. The molecule has 160 valence electrons. The zero-order chi connectivity index (χ0) is 20.7. The molecule has 1 aliphatic carbocycles. The number of aromatic nitrogens is 2. The number of rotatable bonds is 6. The average molecular weight is 426 g/mol. The van der Waals surface area contributed by atoms with Crippen molar-refractivity contribution >= 4 is 17.3 Å². The number of hydrogen-bond donors (Lipinski definition) is 1. The first kappa shape index (κ1) is 20.0. The maximum Gasteiger partial charge on any atom is 0.170 e. The van der Waals surface area contributed by atoms with Gasteiger partial charge in [0.25, 0.3) is 0 Å². The van der Waals surface area contributed by atoms with Crippen molar-refractivity contribution in [1.82, 2.24) is 24.7 Å². The van der Waals surface area contributed by atoms with E-state index in [2.05, 4.69) is 56.7 Å². The molecule has 1 N–H and O–H groups in total. The zero-order valence-corrected chi connectivity index (χ0v) is 18.7. The van der Waals surface area contributed by atoms with Gasteiger partial charge in [0.2, 0.25) is 0 Å². The lowest BCUT2D eigenvalue weighted by atomic mass is 9.97. The lowest BCUT2D eigenvalue weighted by Gasteiger charge is -2.32. The van der Waals surface area contributed by atoms with E-state index in [9.17, 15) is 0 Å². The summed E-state index contributed by atoms with van der Waals surface area (Å²) in [4.78, 5) is 9.55. The lowest BCUT2D eigenvalue weighted by Crippen LogP contribution is -2.42. The second-order valence-electron chi connectivity index (χ2n) is 8.70. The number of aryl methyl sites for hydroxylation is 1. The van der Waals surface area contributed by atoms with E-state index < -0.39 is 0 Å². The highest BCUT2D eigenvalue weighted by Crippen LogP contribution is 2.44. The normalized spacial score (nSPS) is 25.0. The summed E-state index contributed by atoms with van der Waals surface area (Å²) in [5, 5.41) is 4.43. The molecule has 3 fully saturated rings. The number of pyridine rings is 1. The third-order valence-electron chi connectivity index (χ3n) is 6.71. The molecular weight excluding hydrogens is 394 g/mol. The molecule has 0 aromatic carbocycles. The van der Waals surface area contributed by atoms with Gasteiger partial charge in [0.05, 0.1) is 31.0 Å². The van der Waals surface area contributed by atoms with Crippen LogP contribution >= 0.6 is 12.2 Å². The van der Waals surface area contributed by atoms with E-state index in [1.54, 1.807) is 0 Å². The first-order valence-electron chi connectivity index (χ1n) is 11.1. The molecule has 3 aliphatic rings. The Kier molecular flexibility index (Phi) is 5.52. The first-order valence-corrected chi connectivity index (χ1v) is 11.5. The summed E-state index contributed by atoms with van der Waals surface area (Å²) in [6.45, 7) is 10.1. The Hall–Kier alpha value is -1.96. The number of thiocarbonyl (C=S) groups is 1. The molecule has 1 saturated carbocycles. The van der Waals surface area contributed by atoms with Gasteiger partial charge in [-0.1, -0.05) is 6.07 Å². The van der Waals surface area contributed by atoms with Crippen LogP contribution in [0.4, 0.5) is 0 Å². The maximum absolute atomic E-state index is 5.85.